The number of aromatic nitrogens is 8. The molecule has 8 rings (SSSR count). The molecule has 10 atom stereocenters. The van der Waals surface area contributed by atoms with Crippen molar-refractivity contribution in [1.82, 2.24) is 39.1 Å². The number of benzene rings is 1. The number of fused-ring (bicyclic) bond motifs is 5. The Hall–Kier alpha value is -4.96. The summed E-state index contributed by atoms with van der Waals surface area (Å²) in [6.45, 7) is 21.2. The summed E-state index contributed by atoms with van der Waals surface area (Å²) in [5.74, 6) is -1.58. The van der Waals surface area contributed by atoms with Crippen LogP contribution in [-0.4, -0.2) is 129 Å². The quantitative estimate of drug-likeness (QED) is 0.0515. The highest BCUT2D eigenvalue weighted by atomic mass is 31.2. The van der Waals surface area contributed by atoms with Crippen molar-refractivity contribution < 1.29 is 64.6 Å². The molecule has 3 aliphatic heterocycles. The third kappa shape index (κ3) is 12.0. The molecule has 2 bridgehead atoms. The van der Waals surface area contributed by atoms with E-state index in [2.05, 4.69) is 40.7 Å². The van der Waals surface area contributed by atoms with E-state index < -0.39 is 134 Å². The molecular formula is C46H65N11O15P2Si2. The summed E-state index contributed by atoms with van der Waals surface area (Å²) in [4.78, 5) is 71.5. The number of carbonyl (C=O) groups excluding carboxylic acids is 2. The number of carbonyl (C=O) groups is 2. The highest BCUT2D eigenvalue weighted by molar-refractivity contribution is 7.48. The van der Waals surface area contributed by atoms with E-state index in [-0.39, 0.29) is 35.1 Å². The van der Waals surface area contributed by atoms with Crippen molar-refractivity contribution in [1.29, 1.82) is 5.26 Å². The first-order valence-corrected chi connectivity index (χ1v) is 33.4. The minimum Gasteiger partial charge on any atom is -0.408 e. The van der Waals surface area contributed by atoms with Gasteiger partial charge in [-0.05, 0) is 48.4 Å². The van der Waals surface area contributed by atoms with E-state index in [9.17, 15) is 29.1 Å². The summed E-state index contributed by atoms with van der Waals surface area (Å²) >= 11 is 0. The Morgan fingerprint density at radius 1 is 0.908 bits per heavy atom. The molecule has 3 saturated heterocycles. The van der Waals surface area contributed by atoms with Crippen LogP contribution >= 0.6 is 15.6 Å². The summed E-state index contributed by atoms with van der Waals surface area (Å²) < 4.78 is 91.0. The number of rotatable bonds is 13. The molecule has 3 fully saturated rings. The summed E-state index contributed by atoms with van der Waals surface area (Å²) in [5.41, 5.74) is -0.156. The predicted octanol–water partition coefficient (Wildman–Crippen LogP) is 7.18. The van der Waals surface area contributed by atoms with E-state index >= 15 is 4.57 Å². The molecular weight excluding hydrogens is 1060 g/mol. The summed E-state index contributed by atoms with van der Waals surface area (Å²) in [6, 6.07) is 10.4. The number of aromatic amines is 1. The molecule has 4 N–H and O–H groups in total. The van der Waals surface area contributed by atoms with Crippen molar-refractivity contribution in [2.24, 2.45) is 5.92 Å². The van der Waals surface area contributed by atoms with Gasteiger partial charge < -0.3 is 23.2 Å². The molecule has 1 aromatic carbocycles. The molecule has 30 heteroatoms. The Morgan fingerprint density at radius 3 is 2.24 bits per heavy atom. The molecule has 4 aromatic heterocycles. The van der Waals surface area contributed by atoms with Crippen LogP contribution < -0.4 is 16.2 Å². The number of hydrogen-bond acceptors (Lipinski definition) is 20. The van der Waals surface area contributed by atoms with Gasteiger partial charge in [-0.25, -0.2) is 24.1 Å². The third-order valence-corrected chi connectivity index (χ3v) is 25.6. The average molecular weight is 1130 g/mol. The molecule has 7 heterocycles. The minimum atomic E-state index is -5.23. The van der Waals surface area contributed by atoms with Crippen LogP contribution in [0.3, 0.4) is 0 Å². The fourth-order valence-electron chi connectivity index (χ4n) is 8.00. The number of anilines is 2. The maximum atomic E-state index is 15.5. The van der Waals surface area contributed by atoms with E-state index in [0.29, 0.717) is 11.1 Å². The molecule has 2 amide bonds. The zero-order chi connectivity index (χ0) is 55.3. The molecule has 76 heavy (non-hydrogen) atoms. The molecule has 0 spiro atoms. The Kier molecular flexibility index (Phi) is 16.3. The predicted molar refractivity (Wildman–Crippen MR) is 278 cm³/mol. The second-order valence-electron chi connectivity index (χ2n) is 22.0. The molecule has 2 unspecified atom stereocenters. The van der Waals surface area contributed by atoms with Gasteiger partial charge in [-0.2, -0.15) is 19.9 Å². The lowest BCUT2D eigenvalue weighted by Gasteiger charge is -2.40. The summed E-state index contributed by atoms with van der Waals surface area (Å²) in [5, 5.41) is 18.6. The van der Waals surface area contributed by atoms with Crippen LogP contribution in [0.4, 0.5) is 11.9 Å². The van der Waals surface area contributed by atoms with Crippen LogP contribution in [0.5, 0.6) is 0 Å². The van der Waals surface area contributed by atoms with Gasteiger partial charge in [-0.1, -0.05) is 73.6 Å². The van der Waals surface area contributed by atoms with Crippen LogP contribution in [0.1, 0.15) is 90.1 Å². The summed E-state index contributed by atoms with van der Waals surface area (Å²) in [6.07, 6.45) is -7.31. The fourth-order valence-corrected chi connectivity index (χ4v) is 12.9. The fraction of sp³-hybridized carbons (Fsp3) is 0.587. The normalized spacial score (nSPS) is 27.9. The van der Waals surface area contributed by atoms with Crippen molar-refractivity contribution in [2.45, 2.75) is 147 Å². The molecule has 412 valence electrons. The maximum Gasteiger partial charge on any atom is 0.475 e. The topological polar surface area (TPSA) is 326 Å². The SMILES string of the molecule is CC(C)C(=O)Nc1nc2c(ncn2[C@@H]2O[C@@H]3COP(=O)(O)O[C@H]4[C@@H](O[Si](C)(C)C(C)(C)C)[C@H](c5cnn6c(NC(=O)c7ccccc7)ncnc56)O[C@@H]4COP(=O)(OCCC#N)O[C@@H]2[C@@H]3O[Si](C)(C)C(C)(C)C)c(=O)[nH]1. The molecule has 0 saturated carbocycles. The van der Waals surface area contributed by atoms with Gasteiger partial charge in [0.15, 0.2) is 39.7 Å². The molecule has 26 nitrogen and oxygen atoms in total. The highest BCUT2D eigenvalue weighted by Gasteiger charge is 2.58. The van der Waals surface area contributed by atoms with E-state index in [4.69, 9.17) is 40.9 Å². The lowest BCUT2D eigenvalue weighted by atomic mass is 10.0. The molecule has 5 aromatic rings. The average Bonchev–Trinajstić information content (AvgIpc) is 4.11. The van der Waals surface area contributed by atoms with Gasteiger partial charge in [-0.15, -0.1) is 0 Å². The van der Waals surface area contributed by atoms with E-state index in [1.54, 1.807) is 44.2 Å². The van der Waals surface area contributed by atoms with Crippen LogP contribution in [0.2, 0.25) is 36.3 Å². The Labute approximate surface area is 440 Å². The van der Waals surface area contributed by atoms with Gasteiger partial charge in [0.25, 0.3) is 11.5 Å². The van der Waals surface area contributed by atoms with Crippen molar-refractivity contribution in [2.75, 3.05) is 30.5 Å². The molecule has 0 radical (unpaired) electrons. The Balaban J connectivity index is 1.23. The van der Waals surface area contributed by atoms with Crippen LogP contribution in [0, 0.1) is 17.2 Å². The van der Waals surface area contributed by atoms with Gasteiger partial charge in [0.2, 0.25) is 17.8 Å². The first kappa shape index (κ1) is 57.2. The minimum absolute atomic E-state index is 0.0172. The third-order valence-electron chi connectivity index (χ3n) is 14.2. The van der Waals surface area contributed by atoms with E-state index in [1.807, 2.05) is 73.8 Å². The van der Waals surface area contributed by atoms with Crippen molar-refractivity contribution in [3.63, 3.8) is 0 Å². The number of imidazole rings is 1. The Bertz CT molecular complexity index is 3160. The number of ether oxygens (including phenoxy) is 2. The summed E-state index contributed by atoms with van der Waals surface area (Å²) in [7, 11) is -16.0. The van der Waals surface area contributed by atoms with Crippen LogP contribution in [0.15, 0.2) is 54.0 Å². The number of phosphoric ester groups is 2. The number of H-pyrrole nitrogens is 1. The number of hydrogen-bond donors (Lipinski definition) is 4. The number of phosphoric acid groups is 2. The van der Waals surface area contributed by atoms with Gasteiger partial charge >= 0.3 is 15.6 Å². The van der Waals surface area contributed by atoms with Crippen molar-refractivity contribution >= 4 is 72.8 Å². The standard InChI is InChI=1S/C46H65N11O15P2Si2/c1-26(2)39(58)53-43-52-38-31(41(60)54-43)50-25-56(38)42-36-34(71-75(9,10)45(3,4)5)30(68-42)22-65-73(61,62)69-33-29(23-66-74(63,70-36)64-20-16-19-47)67-32(35(33)72-76(11,12)46(6,7)8)28-21-51-57-37(28)48-24-49-44(57)55-40(59)27-17-14-13-15-18-27/h13-15,17-18,21,24-26,29-30,32-36,42H,16,20,22-23H2,1-12H3,(H,61,62)(H,48,49,55,59)(H2,52,53,54,58,60)/t29-,30-,32+,33-,34-,35+,36-,42-,74?/m1/s1. The van der Waals surface area contributed by atoms with Gasteiger partial charge in [0.05, 0.1) is 44.8 Å². The van der Waals surface area contributed by atoms with Crippen LogP contribution in [0.25, 0.3) is 16.8 Å². The van der Waals surface area contributed by atoms with Gasteiger partial charge in [0.1, 0.15) is 49.1 Å². The zero-order valence-corrected chi connectivity index (χ0v) is 48.1. The van der Waals surface area contributed by atoms with Crippen LogP contribution in [-0.2, 0) is 54.9 Å². The number of nitrogens with one attached hydrogen (secondary N) is 3. The lowest BCUT2D eigenvalue weighted by Crippen LogP contribution is -2.50. The van der Waals surface area contributed by atoms with Gasteiger partial charge in [0, 0.05) is 17.0 Å². The molecule has 0 aliphatic carbocycles. The van der Waals surface area contributed by atoms with E-state index in [0.717, 1.165) is 0 Å². The largest absolute Gasteiger partial charge is 0.475 e. The highest BCUT2D eigenvalue weighted by Crippen LogP contribution is 2.58. The monoisotopic (exact) mass is 1130 g/mol. The first-order valence-electron chi connectivity index (χ1n) is 24.6. The lowest BCUT2D eigenvalue weighted by molar-refractivity contribution is -0.118. The zero-order valence-electron chi connectivity index (χ0n) is 44.3. The van der Waals surface area contributed by atoms with Crippen molar-refractivity contribution in [3.8, 4) is 6.07 Å². The Morgan fingerprint density at radius 2 is 1.58 bits per heavy atom. The second-order valence-corrected chi connectivity index (χ2v) is 34.5. The first-order chi connectivity index (χ1) is 35.5. The van der Waals surface area contributed by atoms with Crippen molar-refractivity contribution in [3.05, 3.63) is 70.7 Å². The number of nitrogens with zero attached hydrogens (tertiary/aromatic N) is 8. The smallest absolute Gasteiger partial charge is 0.408 e. The number of nitriles is 1. The van der Waals surface area contributed by atoms with E-state index in [1.165, 1.54) is 27.9 Å². The van der Waals surface area contributed by atoms with Gasteiger partial charge in [-0.3, -0.25) is 57.2 Å². The maximum absolute atomic E-state index is 15.5. The number of amides is 2. The second kappa shape index (κ2) is 21.7. The molecule has 3 aliphatic rings.